The van der Waals surface area contributed by atoms with E-state index >= 15 is 0 Å². The molecule has 0 bridgehead atoms. The second-order valence-corrected chi connectivity index (χ2v) is 2.89. The molecule has 0 radical (unpaired) electrons. The summed E-state index contributed by atoms with van der Waals surface area (Å²) in [6.07, 6.45) is 0. The Balaban J connectivity index is 0.000000386. The second-order valence-electron chi connectivity index (χ2n) is 2.89. The van der Waals surface area contributed by atoms with Crippen LogP contribution >= 0.6 is 0 Å². The number of nitrogens with one attached hydrogen (secondary N) is 2. The summed E-state index contributed by atoms with van der Waals surface area (Å²) in [6.45, 7) is 0. The Morgan fingerprint density at radius 2 is 2.00 bits per heavy atom. The molecule has 16 heavy (non-hydrogen) atoms. The molecule has 2 aromatic rings. The summed E-state index contributed by atoms with van der Waals surface area (Å²) in [5.41, 5.74) is 1.24. The Labute approximate surface area is 93.3 Å². The number of hydrogen-bond acceptors (Lipinski definition) is 5. The number of tetrazole rings is 1. The highest BCUT2D eigenvalue weighted by Crippen LogP contribution is 2.17. The zero-order valence-electron chi connectivity index (χ0n) is 9.10. The van der Waals surface area contributed by atoms with Crippen molar-refractivity contribution >= 4 is 0 Å². The van der Waals surface area contributed by atoms with Gasteiger partial charge in [-0.1, -0.05) is 12.1 Å². The van der Waals surface area contributed by atoms with Crippen LogP contribution in [0.3, 0.4) is 0 Å². The van der Waals surface area contributed by atoms with Crippen molar-refractivity contribution in [1.82, 2.24) is 25.9 Å². The van der Waals surface area contributed by atoms with E-state index in [2.05, 4.69) is 32.0 Å². The number of nitrogens with zero attached hydrogens (tertiary/aromatic N) is 4. The van der Waals surface area contributed by atoms with Gasteiger partial charge in [-0.05, 0) is 31.4 Å². The van der Waals surface area contributed by atoms with Gasteiger partial charge in [-0.2, -0.15) is 10.5 Å². The second kappa shape index (κ2) is 6.27. The van der Waals surface area contributed by atoms with Crippen molar-refractivity contribution in [2.24, 2.45) is 0 Å². The first kappa shape index (κ1) is 11.8. The maximum Gasteiger partial charge on any atom is 0.205 e. The Bertz CT molecular complexity index is 456. The zero-order valence-corrected chi connectivity index (χ0v) is 9.10. The normalized spacial score (nSPS) is 8.81. The van der Waals surface area contributed by atoms with E-state index < -0.39 is 0 Å². The number of benzene rings is 1. The van der Waals surface area contributed by atoms with Crippen molar-refractivity contribution in [2.45, 2.75) is 0 Å². The van der Waals surface area contributed by atoms with Crippen LogP contribution in [-0.4, -0.2) is 34.7 Å². The molecular weight excluding hydrogens is 204 g/mol. The number of aromatic amines is 1. The van der Waals surface area contributed by atoms with E-state index in [1.54, 1.807) is 18.2 Å². The zero-order chi connectivity index (χ0) is 11.8. The average molecular weight is 216 g/mol. The van der Waals surface area contributed by atoms with Crippen LogP contribution in [0.25, 0.3) is 11.4 Å². The van der Waals surface area contributed by atoms with E-state index in [1.807, 2.05) is 20.2 Å². The van der Waals surface area contributed by atoms with E-state index in [9.17, 15) is 0 Å². The minimum absolute atomic E-state index is 0.442. The Hall–Kier alpha value is -2.26. The molecule has 1 heterocycles. The van der Waals surface area contributed by atoms with Gasteiger partial charge in [0.15, 0.2) is 0 Å². The topological polar surface area (TPSA) is 90.3 Å². The molecule has 0 amide bonds. The molecule has 1 aromatic heterocycles. The largest absolute Gasteiger partial charge is 0.323 e. The van der Waals surface area contributed by atoms with Crippen molar-refractivity contribution in [3.8, 4) is 17.5 Å². The fourth-order valence-electron chi connectivity index (χ4n) is 1.05. The van der Waals surface area contributed by atoms with Crippen molar-refractivity contribution in [1.29, 1.82) is 5.26 Å². The average Bonchev–Trinajstić information content (AvgIpc) is 2.83. The maximum atomic E-state index is 8.78. The molecule has 0 unspecified atom stereocenters. The Morgan fingerprint density at radius 1 is 1.31 bits per heavy atom. The van der Waals surface area contributed by atoms with E-state index in [-0.39, 0.29) is 0 Å². The molecule has 0 fully saturated rings. The fraction of sp³-hybridized carbons (Fsp3) is 0.200. The van der Waals surface area contributed by atoms with Gasteiger partial charge in [0.05, 0.1) is 11.6 Å². The Kier molecular flexibility index (Phi) is 4.63. The van der Waals surface area contributed by atoms with Crippen LogP contribution < -0.4 is 5.32 Å². The fourth-order valence-corrected chi connectivity index (χ4v) is 1.05. The van der Waals surface area contributed by atoms with E-state index in [0.29, 0.717) is 17.0 Å². The van der Waals surface area contributed by atoms with Crippen LogP contribution in [0.2, 0.25) is 0 Å². The van der Waals surface area contributed by atoms with Gasteiger partial charge in [-0.25, -0.2) is 0 Å². The minimum Gasteiger partial charge on any atom is -0.323 e. The third-order valence-electron chi connectivity index (χ3n) is 1.63. The summed E-state index contributed by atoms with van der Waals surface area (Å²) in [5, 5.41) is 24.9. The van der Waals surface area contributed by atoms with E-state index in [4.69, 9.17) is 5.26 Å². The monoisotopic (exact) mass is 216 g/mol. The van der Waals surface area contributed by atoms with Gasteiger partial charge < -0.3 is 5.32 Å². The number of rotatable bonds is 1. The quantitative estimate of drug-likeness (QED) is 0.727. The standard InChI is InChI=1S/C8H5N5.C2H7N/c9-5-6-3-1-2-4-7(6)8-10-12-13-11-8;1-3-2/h1-4H,(H,10,11,12,13);3H,1-2H3. The molecule has 0 aliphatic heterocycles. The molecule has 0 spiro atoms. The van der Waals surface area contributed by atoms with Gasteiger partial charge in [-0.15, -0.1) is 10.2 Å². The first-order chi connectivity index (χ1) is 7.83. The van der Waals surface area contributed by atoms with Crippen molar-refractivity contribution in [2.75, 3.05) is 14.1 Å². The van der Waals surface area contributed by atoms with Gasteiger partial charge in [0.25, 0.3) is 0 Å². The van der Waals surface area contributed by atoms with Crippen molar-refractivity contribution in [3.63, 3.8) is 0 Å². The third-order valence-corrected chi connectivity index (χ3v) is 1.63. The summed E-state index contributed by atoms with van der Waals surface area (Å²) in [5.74, 6) is 0.442. The van der Waals surface area contributed by atoms with E-state index in [1.165, 1.54) is 0 Å². The van der Waals surface area contributed by atoms with Crippen LogP contribution in [0.4, 0.5) is 0 Å². The number of aromatic nitrogens is 4. The summed E-state index contributed by atoms with van der Waals surface area (Å²) in [7, 11) is 3.75. The van der Waals surface area contributed by atoms with Gasteiger partial charge >= 0.3 is 0 Å². The van der Waals surface area contributed by atoms with Crippen LogP contribution in [-0.2, 0) is 0 Å². The highest BCUT2D eigenvalue weighted by molar-refractivity contribution is 5.63. The number of nitriles is 1. The molecule has 0 saturated carbocycles. The Morgan fingerprint density at radius 3 is 2.56 bits per heavy atom. The lowest BCUT2D eigenvalue weighted by Crippen LogP contribution is -1.89. The van der Waals surface area contributed by atoms with Crippen LogP contribution in [0.15, 0.2) is 24.3 Å². The molecule has 0 aliphatic rings. The van der Waals surface area contributed by atoms with Crippen LogP contribution in [0.5, 0.6) is 0 Å². The minimum atomic E-state index is 0.442. The molecule has 6 nitrogen and oxygen atoms in total. The number of hydrogen-bond donors (Lipinski definition) is 2. The highest BCUT2D eigenvalue weighted by atomic mass is 15.5. The highest BCUT2D eigenvalue weighted by Gasteiger charge is 2.06. The smallest absolute Gasteiger partial charge is 0.205 e. The molecule has 0 saturated heterocycles. The lowest BCUT2D eigenvalue weighted by Gasteiger charge is -1.95. The molecule has 0 atom stereocenters. The molecule has 82 valence electrons. The molecule has 2 rings (SSSR count). The van der Waals surface area contributed by atoms with Crippen molar-refractivity contribution < 1.29 is 0 Å². The van der Waals surface area contributed by atoms with Gasteiger partial charge in [0.2, 0.25) is 5.82 Å². The van der Waals surface area contributed by atoms with Gasteiger partial charge in [0.1, 0.15) is 0 Å². The summed E-state index contributed by atoms with van der Waals surface area (Å²) < 4.78 is 0. The summed E-state index contributed by atoms with van der Waals surface area (Å²) in [6, 6.07) is 9.18. The first-order valence-electron chi connectivity index (χ1n) is 4.65. The lowest BCUT2D eigenvalue weighted by atomic mass is 10.1. The van der Waals surface area contributed by atoms with Gasteiger partial charge in [0, 0.05) is 5.56 Å². The SMILES string of the molecule is CNC.N#Cc1ccccc1-c1nn[nH]n1. The molecular formula is C10H12N6. The molecule has 0 aliphatic carbocycles. The first-order valence-corrected chi connectivity index (χ1v) is 4.65. The predicted molar refractivity (Wildman–Crippen MR) is 59.3 cm³/mol. The molecule has 6 heteroatoms. The number of H-pyrrole nitrogens is 1. The van der Waals surface area contributed by atoms with Crippen LogP contribution in [0.1, 0.15) is 5.56 Å². The summed E-state index contributed by atoms with van der Waals surface area (Å²) in [4.78, 5) is 0. The van der Waals surface area contributed by atoms with E-state index in [0.717, 1.165) is 0 Å². The molecule has 2 N–H and O–H groups in total. The lowest BCUT2D eigenvalue weighted by molar-refractivity contribution is 0.881. The van der Waals surface area contributed by atoms with Crippen molar-refractivity contribution in [3.05, 3.63) is 29.8 Å². The summed E-state index contributed by atoms with van der Waals surface area (Å²) >= 11 is 0. The van der Waals surface area contributed by atoms with Crippen LogP contribution in [0, 0.1) is 11.3 Å². The predicted octanol–water partition coefficient (Wildman–Crippen LogP) is 0.574. The van der Waals surface area contributed by atoms with Gasteiger partial charge in [-0.3, -0.25) is 0 Å². The molecule has 1 aromatic carbocycles. The maximum absolute atomic E-state index is 8.78. The third kappa shape index (κ3) is 2.87.